The van der Waals surface area contributed by atoms with Crippen molar-refractivity contribution < 1.29 is 19.0 Å². The molecule has 0 aromatic rings. The summed E-state index contributed by atoms with van der Waals surface area (Å²) in [5, 5.41) is 0. The summed E-state index contributed by atoms with van der Waals surface area (Å²) in [6, 6.07) is 0. The molecule has 5 nitrogen and oxygen atoms in total. The second kappa shape index (κ2) is 5.92. The molecule has 15 heavy (non-hydrogen) atoms. The number of carbonyl (C=O) groups is 1. The third-order valence-corrected chi connectivity index (χ3v) is 2.14. The Kier molecular flexibility index (Phi) is 5.60. The van der Waals surface area contributed by atoms with Crippen LogP contribution >= 0.6 is 0 Å². The largest absolute Gasteiger partial charge is 0.447 e. The number of amides is 1. The number of methoxy groups -OCH3 is 2. The van der Waals surface area contributed by atoms with E-state index in [0.29, 0.717) is 0 Å². The fourth-order valence-corrected chi connectivity index (χ4v) is 1.51. The highest BCUT2D eigenvalue weighted by molar-refractivity contribution is 5.64. The van der Waals surface area contributed by atoms with Crippen LogP contribution in [-0.2, 0) is 14.2 Å². The van der Waals surface area contributed by atoms with Crippen LogP contribution in [0.5, 0.6) is 0 Å². The summed E-state index contributed by atoms with van der Waals surface area (Å²) in [6.07, 6.45) is -1.29. The van der Waals surface area contributed by atoms with Gasteiger partial charge in [0.25, 0.3) is 0 Å². The van der Waals surface area contributed by atoms with Crippen LogP contribution in [0, 0.1) is 5.41 Å². The van der Waals surface area contributed by atoms with Crippen LogP contribution < -0.4 is 5.73 Å². The van der Waals surface area contributed by atoms with Gasteiger partial charge in [-0.2, -0.15) is 0 Å². The lowest BCUT2D eigenvalue weighted by Gasteiger charge is -2.34. The number of primary amides is 1. The molecule has 1 unspecified atom stereocenters. The lowest BCUT2D eigenvalue weighted by Crippen LogP contribution is -2.43. The van der Waals surface area contributed by atoms with E-state index >= 15 is 0 Å². The van der Waals surface area contributed by atoms with Gasteiger partial charge in [0, 0.05) is 14.2 Å². The van der Waals surface area contributed by atoms with Gasteiger partial charge in [0.05, 0.1) is 6.10 Å². The monoisotopic (exact) mass is 219 g/mol. The summed E-state index contributed by atoms with van der Waals surface area (Å²) in [5.74, 6) is 0. The molecule has 0 aromatic carbocycles. The maximum atomic E-state index is 10.5. The molecular formula is C10H21NO4. The van der Waals surface area contributed by atoms with Crippen LogP contribution in [0.2, 0.25) is 0 Å². The molecule has 2 N–H and O–H groups in total. The first-order valence-electron chi connectivity index (χ1n) is 4.80. The Balaban J connectivity index is 4.41. The molecular weight excluding hydrogens is 198 g/mol. The smallest absolute Gasteiger partial charge is 0.404 e. The van der Waals surface area contributed by atoms with E-state index in [-0.39, 0.29) is 24.2 Å². The molecule has 0 spiro atoms. The van der Waals surface area contributed by atoms with Gasteiger partial charge in [-0.3, -0.25) is 0 Å². The number of nitrogens with two attached hydrogens (primary N) is 1. The molecule has 0 aliphatic rings. The van der Waals surface area contributed by atoms with Crippen molar-refractivity contribution in [2.45, 2.75) is 33.0 Å². The number of hydrogen-bond donors (Lipinski definition) is 1. The minimum atomic E-state index is -0.805. The average molecular weight is 219 g/mol. The topological polar surface area (TPSA) is 70.8 Å². The van der Waals surface area contributed by atoms with Crippen molar-refractivity contribution >= 4 is 6.09 Å². The highest BCUT2D eigenvalue weighted by atomic mass is 16.6. The van der Waals surface area contributed by atoms with E-state index in [4.69, 9.17) is 19.9 Å². The van der Waals surface area contributed by atoms with Crippen LogP contribution in [-0.4, -0.2) is 39.1 Å². The quantitative estimate of drug-likeness (QED) is 0.753. The molecule has 0 aliphatic heterocycles. The minimum Gasteiger partial charge on any atom is -0.447 e. The second-order valence-corrected chi connectivity index (χ2v) is 4.43. The Labute approximate surface area is 90.9 Å². The summed E-state index contributed by atoms with van der Waals surface area (Å²) < 4.78 is 15.3. The van der Waals surface area contributed by atoms with Crippen molar-refractivity contribution in [3.05, 3.63) is 0 Å². The van der Waals surface area contributed by atoms with E-state index in [1.54, 1.807) is 14.2 Å². The predicted octanol–water partition coefficient (Wildman–Crippen LogP) is 1.16. The van der Waals surface area contributed by atoms with E-state index in [9.17, 15) is 4.79 Å². The molecule has 0 bridgehead atoms. The molecule has 0 heterocycles. The molecule has 90 valence electrons. The molecule has 1 amide bonds. The fourth-order valence-electron chi connectivity index (χ4n) is 1.51. The van der Waals surface area contributed by atoms with Gasteiger partial charge in [0.1, 0.15) is 12.7 Å². The molecule has 0 radical (unpaired) electrons. The van der Waals surface area contributed by atoms with Crippen LogP contribution in [0.25, 0.3) is 0 Å². The molecule has 0 fully saturated rings. The van der Waals surface area contributed by atoms with E-state index in [2.05, 4.69) is 0 Å². The van der Waals surface area contributed by atoms with Gasteiger partial charge >= 0.3 is 6.09 Å². The van der Waals surface area contributed by atoms with E-state index in [0.717, 1.165) is 0 Å². The van der Waals surface area contributed by atoms with Crippen LogP contribution in [0.1, 0.15) is 20.8 Å². The van der Waals surface area contributed by atoms with E-state index in [1.165, 1.54) is 0 Å². The fraction of sp³-hybridized carbons (Fsp3) is 0.900. The van der Waals surface area contributed by atoms with Crippen molar-refractivity contribution in [3.8, 4) is 0 Å². The van der Waals surface area contributed by atoms with Gasteiger partial charge in [-0.15, -0.1) is 0 Å². The standard InChI is InChI=1S/C10H21NO4/c1-10(2,3)8(14-5)7(13-4)6-15-9(11)12/h7-8H,6H2,1-5H3,(H2,11,12)/t7-,8?/m0/s1. The number of hydrogen-bond acceptors (Lipinski definition) is 4. The van der Waals surface area contributed by atoms with Crippen molar-refractivity contribution in [2.24, 2.45) is 11.1 Å². The highest BCUT2D eigenvalue weighted by Gasteiger charge is 2.33. The zero-order valence-corrected chi connectivity index (χ0v) is 10.1. The number of rotatable bonds is 5. The van der Waals surface area contributed by atoms with Crippen molar-refractivity contribution in [1.82, 2.24) is 0 Å². The average Bonchev–Trinajstić information content (AvgIpc) is 2.09. The van der Waals surface area contributed by atoms with Gasteiger partial charge in [0.2, 0.25) is 0 Å². The lowest BCUT2D eigenvalue weighted by atomic mass is 9.86. The molecule has 0 aromatic heterocycles. The summed E-state index contributed by atoms with van der Waals surface area (Å²) in [4.78, 5) is 10.5. The third kappa shape index (κ3) is 4.99. The van der Waals surface area contributed by atoms with Crippen LogP contribution in [0.4, 0.5) is 4.79 Å². The maximum Gasteiger partial charge on any atom is 0.404 e. The summed E-state index contributed by atoms with van der Waals surface area (Å²) in [6.45, 7) is 6.17. The second-order valence-electron chi connectivity index (χ2n) is 4.43. The van der Waals surface area contributed by atoms with Gasteiger partial charge in [-0.25, -0.2) is 4.79 Å². The Bertz CT molecular complexity index is 200. The first kappa shape index (κ1) is 14.2. The Morgan fingerprint density at radius 1 is 1.27 bits per heavy atom. The highest BCUT2D eigenvalue weighted by Crippen LogP contribution is 2.25. The summed E-state index contributed by atoms with van der Waals surface area (Å²) in [7, 11) is 3.15. The number of carbonyl (C=O) groups excluding carboxylic acids is 1. The third-order valence-electron chi connectivity index (χ3n) is 2.14. The van der Waals surface area contributed by atoms with Gasteiger partial charge < -0.3 is 19.9 Å². The Morgan fingerprint density at radius 3 is 2.07 bits per heavy atom. The lowest BCUT2D eigenvalue weighted by molar-refractivity contribution is -0.104. The van der Waals surface area contributed by atoms with Crippen molar-refractivity contribution in [2.75, 3.05) is 20.8 Å². The van der Waals surface area contributed by atoms with Gasteiger partial charge in [-0.05, 0) is 5.41 Å². The first-order chi connectivity index (χ1) is 6.82. The Morgan fingerprint density at radius 2 is 1.80 bits per heavy atom. The SMILES string of the molecule is COC([C@H](COC(N)=O)OC)C(C)(C)C. The molecule has 2 atom stereocenters. The molecule has 0 saturated heterocycles. The van der Waals surface area contributed by atoms with Crippen LogP contribution in [0.15, 0.2) is 0 Å². The number of ether oxygens (including phenoxy) is 3. The van der Waals surface area contributed by atoms with Gasteiger partial charge in [-0.1, -0.05) is 20.8 Å². The molecule has 0 aliphatic carbocycles. The van der Waals surface area contributed by atoms with Crippen LogP contribution in [0.3, 0.4) is 0 Å². The zero-order chi connectivity index (χ0) is 12.1. The van der Waals surface area contributed by atoms with Crippen molar-refractivity contribution in [1.29, 1.82) is 0 Å². The van der Waals surface area contributed by atoms with E-state index < -0.39 is 6.09 Å². The first-order valence-corrected chi connectivity index (χ1v) is 4.80. The summed E-state index contributed by atoms with van der Waals surface area (Å²) >= 11 is 0. The minimum absolute atomic E-state index is 0.0988. The maximum absolute atomic E-state index is 10.5. The molecule has 5 heteroatoms. The van der Waals surface area contributed by atoms with E-state index in [1.807, 2.05) is 20.8 Å². The van der Waals surface area contributed by atoms with Crippen molar-refractivity contribution in [3.63, 3.8) is 0 Å². The Hall–Kier alpha value is -0.810. The summed E-state index contributed by atoms with van der Waals surface area (Å²) in [5.41, 5.74) is 4.79. The zero-order valence-electron chi connectivity index (χ0n) is 10.1. The van der Waals surface area contributed by atoms with Gasteiger partial charge in [0.15, 0.2) is 0 Å². The molecule has 0 saturated carbocycles. The normalized spacial score (nSPS) is 15.8. The molecule has 0 rings (SSSR count). The predicted molar refractivity (Wildman–Crippen MR) is 56.6 cm³/mol.